The molecule has 2 rings (SSSR count). The molecule has 4 nitrogen and oxygen atoms in total. The van der Waals surface area contributed by atoms with Crippen molar-refractivity contribution >= 4 is 31.7 Å². The molecule has 1 aliphatic rings. The summed E-state index contributed by atoms with van der Waals surface area (Å²) in [4.78, 5) is 12.3. The molecule has 1 fully saturated rings. The van der Waals surface area contributed by atoms with Crippen molar-refractivity contribution in [2.24, 2.45) is 11.8 Å². The summed E-state index contributed by atoms with van der Waals surface area (Å²) in [6.07, 6.45) is 4.69. The largest absolute Gasteiger partial charge is 0.352 e. The first-order valence-corrected chi connectivity index (χ1v) is 10.1. The maximum absolute atomic E-state index is 12.2. The van der Waals surface area contributed by atoms with Gasteiger partial charge in [-0.05, 0) is 42.9 Å². The van der Waals surface area contributed by atoms with E-state index in [9.17, 15) is 13.2 Å². The van der Waals surface area contributed by atoms with Crippen molar-refractivity contribution in [1.29, 1.82) is 0 Å². The van der Waals surface area contributed by atoms with Crippen molar-refractivity contribution in [1.82, 2.24) is 5.32 Å². The third-order valence-electron chi connectivity index (χ3n) is 4.06. The first-order valence-electron chi connectivity index (χ1n) is 7.06. The molecule has 21 heavy (non-hydrogen) atoms. The van der Waals surface area contributed by atoms with Crippen LogP contribution in [-0.4, -0.2) is 32.5 Å². The molecule has 2 unspecified atom stereocenters. The summed E-state index contributed by atoms with van der Waals surface area (Å²) < 4.78 is 23.0. The van der Waals surface area contributed by atoms with Crippen molar-refractivity contribution in [2.75, 3.05) is 18.1 Å². The predicted octanol–water partition coefficient (Wildman–Crippen LogP) is 2.63. The van der Waals surface area contributed by atoms with Gasteiger partial charge in [0, 0.05) is 23.7 Å². The van der Waals surface area contributed by atoms with E-state index >= 15 is 0 Å². The highest BCUT2D eigenvalue weighted by atomic mass is 79.9. The Kier molecular flexibility index (Phi) is 5.43. The van der Waals surface area contributed by atoms with Crippen LogP contribution in [0.3, 0.4) is 0 Å². The van der Waals surface area contributed by atoms with Crippen molar-refractivity contribution in [3.8, 4) is 0 Å². The van der Waals surface area contributed by atoms with Gasteiger partial charge in [-0.1, -0.05) is 28.4 Å². The zero-order valence-corrected chi connectivity index (χ0v) is 14.4. The highest BCUT2D eigenvalue weighted by Gasteiger charge is 2.26. The molecule has 0 heterocycles. The summed E-state index contributed by atoms with van der Waals surface area (Å²) in [7, 11) is -3.29. The third kappa shape index (κ3) is 4.30. The van der Waals surface area contributed by atoms with Gasteiger partial charge >= 0.3 is 0 Å². The smallest absolute Gasteiger partial charge is 0.251 e. The summed E-state index contributed by atoms with van der Waals surface area (Å²) in [6.45, 7) is 0.651. The van der Waals surface area contributed by atoms with Gasteiger partial charge in [0.2, 0.25) is 0 Å². The molecule has 0 spiro atoms. The molecule has 1 aliphatic carbocycles. The maximum Gasteiger partial charge on any atom is 0.251 e. The first kappa shape index (κ1) is 16.5. The molecule has 2 atom stereocenters. The lowest BCUT2D eigenvalue weighted by atomic mass is 9.98. The Balaban J connectivity index is 2.01. The lowest BCUT2D eigenvalue weighted by Crippen LogP contribution is -2.31. The molecule has 0 saturated heterocycles. The standard InChI is InChI=1S/C15H20BrNO3S/c1-21(19,20)14-7-3-4-11(8-14)15(18)17-10-13-6-2-5-12(13)9-16/h3-4,7-8,12-13H,2,5-6,9-10H2,1H3,(H,17,18). The normalized spacial score (nSPS) is 22.2. The number of carbonyl (C=O) groups is 1. The van der Waals surface area contributed by atoms with Crippen LogP contribution in [0, 0.1) is 11.8 Å². The first-order chi connectivity index (χ1) is 9.91. The van der Waals surface area contributed by atoms with E-state index in [1.165, 1.54) is 25.0 Å². The lowest BCUT2D eigenvalue weighted by molar-refractivity contribution is 0.0944. The Hall–Kier alpha value is -0.880. The molecule has 1 N–H and O–H groups in total. The topological polar surface area (TPSA) is 63.2 Å². The van der Waals surface area contributed by atoms with Crippen LogP contribution in [0.15, 0.2) is 29.2 Å². The van der Waals surface area contributed by atoms with E-state index in [-0.39, 0.29) is 10.8 Å². The van der Waals surface area contributed by atoms with Gasteiger partial charge in [0.15, 0.2) is 9.84 Å². The molecule has 1 aromatic rings. The Morgan fingerprint density at radius 1 is 1.33 bits per heavy atom. The van der Waals surface area contributed by atoms with Crippen molar-refractivity contribution in [3.05, 3.63) is 29.8 Å². The van der Waals surface area contributed by atoms with Crippen LogP contribution < -0.4 is 5.32 Å². The maximum atomic E-state index is 12.2. The average Bonchev–Trinajstić information content (AvgIpc) is 2.91. The molecule has 116 valence electrons. The molecule has 6 heteroatoms. The molecule has 0 bridgehead atoms. The quantitative estimate of drug-likeness (QED) is 0.806. The molecule has 1 saturated carbocycles. The summed E-state index contributed by atoms with van der Waals surface area (Å²) in [5.41, 5.74) is 0.395. The minimum absolute atomic E-state index is 0.175. The number of rotatable bonds is 5. The fourth-order valence-corrected chi connectivity index (χ4v) is 4.30. The van der Waals surface area contributed by atoms with Crippen LogP contribution >= 0.6 is 15.9 Å². The lowest BCUT2D eigenvalue weighted by Gasteiger charge is -2.17. The summed E-state index contributed by atoms with van der Waals surface area (Å²) in [5.74, 6) is 0.916. The van der Waals surface area contributed by atoms with E-state index in [0.717, 1.165) is 18.0 Å². The number of benzene rings is 1. The van der Waals surface area contributed by atoms with Crippen LogP contribution in [0.25, 0.3) is 0 Å². The van der Waals surface area contributed by atoms with Gasteiger partial charge in [-0.3, -0.25) is 4.79 Å². The van der Waals surface area contributed by atoms with Gasteiger partial charge in [0.1, 0.15) is 0 Å². The number of amides is 1. The number of alkyl halides is 1. The molecule has 0 aromatic heterocycles. The number of halogens is 1. The SMILES string of the molecule is CS(=O)(=O)c1cccc(C(=O)NCC2CCCC2CBr)c1. The second kappa shape index (κ2) is 6.92. The van der Waals surface area contributed by atoms with Crippen molar-refractivity contribution in [3.63, 3.8) is 0 Å². The van der Waals surface area contributed by atoms with Crippen LogP contribution in [0.4, 0.5) is 0 Å². The number of nitrogens with one attached hydrogen (secondary N) is 1. The predicted molar refractivity (Wildman–Crippen MR) is 86.5 cm³/mol. The zero-order valence-electron chi connectivity index (χ0n) is 12.0. The number of carbonyl (C=O) groups excluding carboxylic acids is 1. The average molecular weight is 374 g/mol. The second-order valence-corrected chi connectivity index (χ2v) is 8.28. The highest BCUT2D eigenvalue weighted by Crippen LogP contribution is 2.32. The Labute approximate surface area is 134 Å². The second-order valence-electron chi connectivity index (χ2n) is 5.62. The zero-order chi connectivity index (χ0) is 15.5. The molecule has 0 aliphatic heterocycles. The van der Waals surface area contributed by atoms with Gasteiger partial charge < -0.3 is 5.32 Å². The minimum atomic E-state index is -3.29. The highest BCUT2D eigenvalue weighted by molar-refractivity contribution is 9.09. The number of sulfone groups is 1. The van der Waals surface area contributed by atoms with E-state index in [1.54, 1.807) is 12.1 Å². The summed E-state index contributed by atoms with van der Waals surface area (Å²) in [6, 6.07) is 6.17. The summed E-state index contributed by atoms with van der Waals surface area (Å²) in [5, 5.41) is 3.90. The summed E-state index contributed by atoms with van der Waals surface area (Å²) >= 11 is 3.52. The van der Waals surface area contributed by atoms with Crippen LogP contribution in [0.5, 0.6) is 0 Å². The van der Waals surface area contributed by atoms with Gasteiger partial charge in [0.25, 0.3) is 5.91 Å². The van der Waals surface area contributed by atoms with E-state index in [0.29, 0.717) is 23.9 Å². The van der Waals surface area contributed by atoms with Gasteiger partial charge in [-0.15, -0.1) is 0 Å². The van der Waals surface area contributed by atoms with Crippen LogP contribution in [0.2, 0.25) is 0 Å². The molecular weight excluding hydrogens is 354 g/mol. The Morgan fingerprint density at radius 2 is 2.05 bits per heavy atom. The van der Waals surface area contributed by atoms with Gasteiger partial charge in [-0.2, -0.15) is 0 Å². The van der Waals surface area contributed by atoms with Gasteiger partial charge in [-0.25, -0.2) is 8.42 Å². The van der Waals surface area contributed by atoms with E-state index < -0.39 is 9.84 Å². The van der Waals surface area contributed by atoms with Gasteiger partial charge in [0.05, 0.1) is 4.90 Å². The van der Waals surface area contributed by atoms with E-state index in [2.05, 4.69) is 21.2 Å². The molecule has 0 radical (unpaired) electrons. The fourth-order valence-electron chi connectivity index (χ4n) is 2.78. The Morgan fingerprint density at radius 3 is 2.71 bits per heavy atom. The third-order valence-corrected chi connectivity index (χ3v) is 6.01. The van der Waals surface area contributed by atoms with Crippen LogP contribution in [-0.2, 0) is 9.84 Å². The molecular formula is C15H20BrNO3S. The number of hydrogen-bond donors (Lipinski definition) is 1. The number of hydrogen-bond acceptors (Lipinski definition) is 3. The van der Waals surface area contributed by atoms with Crippen molar-refractivity contribution in [2.45, 2.75) is 24.2 Å². The fraction of sp³-hybridized carbons (Fsp3) is 0.533. The van der Waals surface area contributed by atoms with Crippen molar-refractivity contribution < 1.29 is 13.2 Å². The van der Waals surface area contributed by atoms with E-state index in [4.69, 9.17) is 0 Å². The van der Waals surface area contributed by atoms with E-state index in [1.807, 2.05) is 0 Å². The minimum Gasteiger partial charge on any atom is -0.352 e. The molecule has 1 aromatic carbocycles. The monoisotopic (exact) mass is 373 g/mol. The van der Waals surface area contributed by atoms with Crippen LogP contribution in [0.1, 0.15) is 29.6 Å². The molecule has 1 amide bonds. The Bertz CT molecular complexity index is 615.